The Morgan fingerprint density at radius 2 is 1.73 bits per heavy atom. The van der Waals surface area contributed by atoms with Crippen molar-refractivity contribution in [2.45, 2.75) is 44.9 Å². The third-order valence-corrected chi connectivity index (χ3v) is 3.48. The van der Waals surface area contributed by atoms with E-state index in [9.17, 15) is 4.79 Å². The second-order valence-corrected chi connectivity index (χ2v) is 4.50. The molecular weight excluding hydrogens is 184 g/mol. The molecule has 1 aromatic carbocycles. The van der Waals surface area contributed by atoms with Crippen molar-refractivity contribution in [2.75, 3.05) is 0 Å². The molecule has 1 aromatic rings. The first kappa shape index (κ1) is 10.4. The summed E-state index contributed by atoms with van der Waals surface area (Å²) in [4.78, 5) is 11.7. The fourth-order valence-corrected chi connectivity index (χ4v) is 2.55. The third-order valence-electron chi connectivity index (χ3n) is 3.48. The van der Waals surface area contributed by atoms with Gasteiger partial charge in [-0.25, -0.2) is 0 Å². The normalized spacial score (nSPS) is 17.7. The van der Waals surface area contributed by atoms with Gasteiger partial charge in [0.05, 0.1) is 0 Å². The molecule has 80 valence electrons. The Balaban J connectivity index is 2.39. The average molecular weight is 202 g/mol. The van der Waals surface area contributed by atoms with Gasteiger partial charge in [0.25, 0.3) is 0 Å². The predicted octanol–water partition coefficient (Wildman–Crippen LogP) is 3.40. The summed E-state index contributed by atoms with van der Waals surface area (Å²) in [7, 11) is 0. The van der Waals surface area contributed by atoms with Crippen molar-refractivity contribution >= 4 is 0 Å². The van der Waals surface area contributed by atoms with E-state index in [0.29, 0.717) is 5.92 Å². The first-order valence-electron chi connectivity index (χ1n) is 5.89. The van der Waals surface area contributed by atoms with Crippen LogP contribution in [-0.2, 0) is 0 Å². The van der Waals surface area contributed by atoms with Gasteiger partial charge in [-0.3, -0.25) is 4.79 Å². The lowest BCUT2D eigenvalue weighted by molar-refractivity contribution is 0.442. The van der Waals surface area contributed by atoms with E-state index in [4.69, 9.17) is 0 Å². The van der Waals surface area contributed by atoms with Crippen molar-refractivity contribution in [2.24, 2.45) is 0 Å². The van der Waals surface area contributed by atoms with Crippen molar-refractivity contribution in [3.05, 3.63) is 45.6 Å². The van der Waals surface area contributed by atoms with Gasteiger partial charge in [0, 0.05) is 0 Å². The van der Waals surface area contributed by atoms with E-state index >= 15 is 0 Å². The standard InChI is InChI=1S/C14H18O/c1-11-13(9-5-6-10-14(11)15)12-7-3-2-4-8-12/h5-6,9-10,12H,2-4,7-8H2,1H3. The molecule has 2 rings (SSSR count). The van der Waals surface area contributed by atoms with Crippen molar-refractivity contribution in [3.63, 3.8) is 0 Å². The van der Waals surface area contributed by atoms with E-state index in [2.05, 4.69) is 6.07 Å². The molecule has 0 saturated heterocycles. The van der Waals surface area contributed by atoms with E-state index in [1.807, 2.05) is 19.1 Å². The molecule has 0 radical (unpaired) electrons. The summed E-state index contributed by atoms with van der Waals surface area (Å²) in [6.45, 7) is 1.96. The first-order chi connectivity index (χ1) is 7.29. The summed E-state index contributed by atoms with van der Waals surface area (Å²) in [5.41, 5.74) is 2.41. The average Bonchev–Trinajstić information content (AvgIpc) is 2.44. The number of hydrogen-bond donors (Lipinski definition) is 0. The van der Waals surface area contributed by atoms with Crippen LogP contribution in [0.1, 0.15) is 49.1 Å². The van der Waals surface area contributed by atoms with Gasteiger partial charge in [-0.05, 0) is 42.9 Å². The molecule has 1 aliphatic carbocycles. The van der Waals surface area contributed by atoms with Crippen LogP contribution in [0.25, 0.3) is 0 Å². The summed E-state index contributed by atoms with van der Waals surface area (Å²) in [5.74, 6) is 0.624. The quantitative estimate of drug-likeness (QED) is 0.682. The lowest BCUT2D eigenvalue weighted by atomic mass is 9.83. The van der Waals surface area contributed by atoms with E-state index in [1.165, 1.54) is 37.7 Å². The highest BCUT2D eigenvalue weighted by Crippen LogP contribution is 2.32. The third kappa shape index (κ3) is 2.28. The number of rotatable bonds is 1. The van der Waals surface area contributed by atoms with Crippen molar-refractivity contribution in [3.8, 4) is 0 Å². The van der Waals surface area contributed by atoms with E-state index < -0.39 is 0 Å². The second-order valence-electron chi connectivity index (χ2n) is 4.50. The molecule has 1 fully saturated rings. The molecule has 0 bridgehead atoms. The second kappa shape index (κ2) is 4.61. The SMILES string of the molecule is Cc1c(C2CCCCC2)ccccc1=O. The molecule has 1 aliphatic rings. The van der Waals surface area contributed by atoms with Crippen LogP contribution < -0.4 is 5.43 Å². The van der Waals surface area contributed by atoms with Crippen LogP contribution in [0, 0.1) is 6.92 Å². The maximum atomic E-state index is 11.7. The molecule has 1 heteroatoms. The summed E-state index contributed by atoms with van der Waals surface area (Å²) in [6.07, 6.45) is 6.50. The van der Waals surface area contributed by atoms with E-state index in [-0.39, 0.29) is 5.43 Å². The molecule has 0 spiro atoms. The summed E-state index contributed by atoms with van der Waals surface area (Å²) >= 11 is 0. The van der Waals surface area contributed by atoms with Crippen LogP contribution in [-0.4, -0.2) is 0 Å². The smallest absolute Gasteiger partial charge is 0.181 e. The van der Waals surface area contributed by atoms with Crippen molar-refractivity contribution in [1.29, 1.82) is 0 Å². The van der Waals surface area contributed by atoms with Gasteiger partial charge in [0.2, 0.25) is 0 Å². The van der Waals surface area contributed by atoms with Crippen LogP contribution >= 0.6 is 0 Å². The molecule has 0 aromatic heterocycles. The minimum absolute atomic E-state index is 0.181. The summed E-state index contributed by atoms with van der Waals surface area (Å²) in [6, 6.07) is 7.65. The Morgan fingerprint density at radius 3 is 2.47 bits per heavy atom. The zero-order valence-corrected chi connectivity index (χ0v) is 9.33. The van der Waals surface area contributed by atoms with Crippen LogP contribution in [0.15, 0.2) is 29.1 Å². The first-order valence-corrected chi connectivity index (χ1v) is 5.89. The molecular formula is C14H18O. The Hall–Kier alpha value is -1.11. The minimum Gasteiger partial charge on any atom is -0.290 e. The minimum atomic E-state index is 0.181. The fourth-order valence-electron chi connectivity index (χ4n) is 2.55. The Labute approximate surface area is 91.2 Å². The molecule has 1 nitrogen and oxygen atoms in total. The van der Waals surface area contributed by atoms with E-state index in [1.54, 1.807) is 6.07 Å². The van der Waals surface area contributed by atoms with Gasteiger partial charge < -0.3 is 0 Å². The van der Waals surface area contributed by atoms with Gasteiger partial charge in [0.15, 0.2) is 5.43 Å². The maximum absolute atomic E-state index is 11.7. The summed E-state index contributed by atoms with van der Waals surface area (Å²) < 4.78 is 0. The summed E-state index contributed by atoms with van der Waals surface area (Å²) in [5, 5.41) is 0. The molecule has 0 atom stereocenters. The van der Waals surface area contributed by atoms with Gasteiger partial charge in [-0.1, -0.05) is 37.5 Å². The van der Waals surface area contributed by atoms with Gasteiger partial charge in [-0.15, -0.1) is 0 Å². The van der Waals surface area contributed by atoms with Crippen LogP contribution in [0.3, 0.4) is 0 Å². The largest absolute Gasteiger partial charge is 0.290 e. The molecule has 0 unspecified atom stereocenters. The Bertz CT molecular complexity index is 389. The maximum Gasteiger partial charge on any atom is 0.181 e. The highest BCUT2D eigenvalue weighted by Gasteiger charge is 2.17. The highest BCUT2D eigenvalue weighted by atomic mass is 16.1. The Kier molecular flexibility index (Phi) is 3.20. The fraction of sp³-hybridized carbons (Fsp3) is 0.500. The molecule has 0 N–H and O–H groups in total. The highest BCUT2D eigenvalue weighted by molar-refractivity contribution is 5.28. The number of hydrogen-bond acceptors (Lipinski definition) is 1. The van der Waals surface area contributed by atoms with Crippen LogP contribution in [0.5, 0.6) is 0 Å². The molecule has 15 heavy (non-hydrogen) atoms. The molecule has 0 aliphatic heterocycles. The predicted molar refractivity (Wildman–Crippen MR) is 63.3 cm³/mol. The Morgan fingerprint density at radius 1 is 1.07 bits per heavy atom. The van der Waals surface area contributed by atoms with E-state index in [0.717, 1.165) is 5.56 Å². The van der Waals surface area contributed by atoms with Gasteiger partial charge in [-0.2, -0.15) is 0 Å². The van der Waals surface area contributed by atoms with Crippen molar-refractivity contribution in [1.82, 2.24) is 0 Å². The monoisotopic (exact) mass is 202 g/mol. The van der Waals surface area contributed by atoms with Gasteiger partial charge in [0.1, 0.15) is 0 Å². The molecule has 0 amide bonds. The lowest BCUT2D eigenvalue weighted by Gasteiger charge is -2.22. The van der Waals surface area contributed by atoms with Crippen LogP contribution in [0.2, 0.25) is 0 Å². The molecule has 0 heterocycles. The zero-order valence-electron chi connectivity index (χ0n) is 9.33. The molecule has 1 saturated carbocycles. The van der Waals surface area contributed by atoms with Crippen LogP contribution in [0.4, 0.5) is 0 Å². The lowest BCUT2D eigenvalue weighted by Crippen LogP contribution is -2.10. The van der Waals surface area contributed by atoms with Crippen molar-refractivity contribution < 1.29 is 0 Å². The zero-order chi connectivity index (χ0) is 10.7. The van der Waals surface area contributed by atoms with Gasteiger partial charge >= 0.3 is 0 Å². The topological polar surface area (TPSA) is 17.1 Å².